The lowest BCUT2D eigenvalue weighted by Crippen LogP contribution is -2.64. The highest BCUT2D eigenvalue weighted by atomic mass is 35.5. The number of carboxylic acids is 1. The van der Waals surface area contributed by atoms with Crippen LogP contribution in [-0.2, 0) is 9.53 Å². The highest BCUT2D eigenvalue weighted by Gasteiger charge is 2.51. The van der Waals surface area contributed by atoms with E-state index >= 15 is 0 Å². The fraction of sp³-hybridized carbons (Fsp3) is 0.500. The number of fused-ring (bicyclic) bond motifs is 2. The highest BCUT2D eigenvalue weighted by molar-refractivity contribution is 6.30. The second-order valence-electron chi connectivity index (χ2n) is 6.22. The van der Waals surface area contributed by atoms with Crippen LogP contribution in [0.2, 0.25) is 5.02 Å². The van der Waals surface area contributed by atoms with Crippen molar-refractivity contribution in [3.63, 3.8) is 0 Å². The van der Waals surface area contributed by atoms with Crippen LogP contribution in [-0.4, -0.2) is 48.0 Å². The molecule has 2 aliphatic heterocycles. The molecule has 0 aliphatic carbocycles. The molecular formula is C16H19ClN2O5. The van der Waals surface area contributed by atoms with Crippen molar-refractivity contribution < 1.29 is 24.2 Å². The summed E-state index contributed by atoms with van der Waals surface area (Å²) in [6.45, 7) is 0.662. The lowest BCUT2D eigenvalue weighted by molar-refractivity contribution is -0.139. The van der Waals surface area contributed by atoms with Gasteiger partial charge in [0.05, 0.1) is 13.5 Å². The first-order valence-electron chi connectivity index (χ1n) is 7.66. The number of aliphatic carboxylic acids is 1. The second kappa shape index (κ2) is 6.14. The van der Waals surface area contributed by atoms with E-state index in [1.807, 2.05) is 0 Å². The SMILES string of the molecule is COC(=O)N1CCC2(N)Oc3ccc(Cl)cc3C(CC(=O)O)C2C1. The average Bonchev–Trinajstić information content (AvgIpc) is 2.53. The first-order chi connectivity index (χ1) is 11.3. The number of hydrogen-bond acceptors (Lipinski definition) is 5. The third-order valence-corrected chi connectivity index (χ3v) is 5.04. The van der Waals surface area contributed by atoms with Gasteiger partial charge in [-0.2, -0.15) is 0 Å². The molecule has 0 radical (unpaired) electrons. The molecule has 24 heavy (non-hydrogen) atoms. The Hall–Kier alpha value is -1.99. The van der Waals surface area contributed by atoms with Gasteiger partial charge in [-0.1, -0.05) is 11.6 Å². The van der Waals surface area contributed by atoms with E-state index in [1.54, 1.807) is 18.2 Å². The Morgan fingerprint density at radius 2 is 2.29 bits per heavy atom. The Morgan fingerprint density at radius 1 is 1.54 bits per heavy atom. The van der Waals surface area contributed by atoms with Crippen LogP contribution in [0.15, 0.2) is 18.2 Å². The van der Waals surface area contributed by atoms with Crippen LogP contribution in [0.4, 0.5) is 4.79 Å². The summed E-state index contributed by atoms with van der Waals surface area (Å²) in [6.07, 6.45) is -0.177. The Bertz CT molecular complexity index is 682. The molecule has 7 nitrogen and oxygen atoms in total. The summed E-state index contributed by atoms with van der Waals surface area (Å²) >= 11 is 6.07. The topological polar surface area (TPSA) is 102 Å². The molecule has 1 fully saturated rings. The summed E-state index contributed by atoms with van der Waals surface area (Å²) in [7, 11) is 1.31. The molecule has 2 heterocycles. The first-order valence-corrected chi connectivity index (χ1v) is 8.04. The van der Waals surface area contributed by atoms with Gasteiger partial charge >= 0.3 is 12.1 Å². The molecule has 8 heteroatoms. The van der Waals surface area contributed by atoms with Gasteiger partial charge in [0, 0.05) is 36.4 Å². The number of piperidine rings is 1. The van der Waals surface area contributed by atoms with Crippen LogP contribution < -0.4 is 10.5 Å². The molecule has 0 aromatic heterocycles. The van der Waals surface area contributed by atoms with Gasteiger partial charge in [0.25, 0.3) is 0 Å². The van der Waals surface area contributed by atoms with Gasteiger partial charge < -0.3 is 19.5 Å². The van der Waals surface area contributed by atoms with Crippen molar-refractivity contribution in [1.82, 2.24) is 4.90 Å². The fourth-order valence-corrected chi connectivity index (χ4v) is 3.81. The second-order valence-corrected chi connectivity index (χ2v) is 6.65. The number of halogens is 1. The minimum Gasteiger partial charge on any atom is -0.481 e. The zero-order valence-electron chi connectivity index (χ0n) is 13.2. The van der Waals surface area contributed by atoms with Crippen molar-refractivity contribution in [2.45, 2.75) is 24.5 Å². The summed E-state index contributed by atoms with van der Waals surface area (Å²) < 4.78 is 10.8. The molecule has 3 atom stereocenters. The Morgan fingerprint density at radius 3 is 2.96 bits per heavy atom. The van der Waals surface area contributed by atoms with Gasteiger partial charge in [-0.3, -0.25) is 10.5 Å². The maximum Gasteiger partial charge on any atom is 0.409 e. The summed E-state index contributed by atoms with van der Waals surface area (Å²) in [5.74, 6) is -1.16. The predicted octanol–water partition coefficient (Wildman–Crippen LogP) is 2.03. The van der Waals surface area contributed by atoms with Gasteiger partial charge in [-0.15, -0.1) is 0 Å². The van der Waals surface area contributed by atoms with E-state index < -0.39 is 23.7 Å². The number of rotatable bonds is 2. The van der Waals surface area contributed by atoms with Crippen molar-refractivity contribution in [3.05, 3.63) is 28.8 Å². The maximum absolute atomic E-state index is 11.9. The van der Waals surface area contributed by atoms with Crippen LogP contribution in [0.5, 0.6) is 5.75 Å². The van der Waals surface area contributed by atoms with Gasteiger partial charge in [0.1, 0.15) is 5.75 Å². The van der Waals surface area contributed by atoms with Crippen LogP contribution in [0.25, 0.3) is 0 Å². The van der Waals surface area contributed by atoms with Crippen molar-refractivity contribution in [2.75, 3.05) is 20.2 Å². The number of nitrogens with zero attached hydrogens (tertiary/aromatic N) is 1. The highest BCUT2D eigenvalue weighted by Crippen LogP contribution is 2.48. The number of hydrogen-bond donors (Lipinski definition) is 2. The molecule has 0 saturated carbocycles. The molecule has 3 N–H and O–H groups in total. The Kier molecular flexibility index (Phi) is 4.31. The van der Waals surface area contributed by atoms with Crippen LogP contribution in [0.1, 0.15) is 24.3 Å². The molecule has 0 bridgehead atoms. The van der Waals surface area contributed by atoms with E-state index in [0.717, 1.165) is 0 Å². The van der Waals surface area contributed by atoms with Crippen molar-refractivity contribution >= 4 is 23.7 Å². The number of benzene rings is 1. The summed E-state index contributed by atoms with van der Waals surface area (Å²) in [5.41, 5.74) is 6.15. The van der Waals surface area contributed by atoms with E-state index in [-0.39, 0.29) is 18.9 Å². The van der Waals surface area contributed by atoms with Crippen LogP contribution in [0, 0.1) is 5.92 Å². The maximum atomic E-state index is 11.9. The first kappa shape index (κ1) is 16.9. The molecule has 1 amide bonds. The number of ether oxygens (including phenoxy) is 2. The van der Waals surface area contributed by atoms with E-state index in [0.29, 0.717) is 29.3 Å². The molecular weight excluding hydrogens is 336 g/mol. The quantitative estimate of drug-likeness (QED) is 0.842. The number of carboxylic acid groups (broad SMARTS) is 1. The van der Waals surface area contributed by atoms with Gasteiger partial charge in [0.15, 0.2) is 5.72 Å². The third kappa shape index (κ3) is 2.89. The van der Waals surface area contributed by atoms with Crippen molar-refractivity contribution in [1.29, 1.82) is 0 Å². The fourth-order valence-electron chi connectivity index (χ4n) is 3.63. The van der Waals surface area contributed by atoms with E-state index in [2.05, 4.69) is 0 Å². The van der Waals surface area contributed by atoms with E-state index in [9.17, 15) is 14.7 Å². The normalized spacial score (nSPS) is 28.4. The summed E-state index contributed by atoms with van der Waals surface area (Å²) in [4.78, 5) is 24.8. The van der Waals surface area contributed by atoms with Crippen molar-refractivity contribution in [2.24, 2.45) is 11.7 Å². The van der Waals surface area contributed by atoms with Gasteiger partial charge in [-0.25, -0.2) is 4.79 Å². The number of likely N-dealkylation sites (tertiary alicyclic amines) is 1. The minimum absolute atomic E-state index is 0.116. The van der Waals surface area contributed by atoms with Crippen LogP contribution in [0.3, 0.4) is 0 Å². The number of nitrogens with two attached hydrogens (primary N) is 1. The molecule has 1 aromatic carbocycles. The lowest BCUT2D eigenvalue weighted by Gasteiger charge is -2.51. The summed E-state index contributed by atoms with van der Waals surface area (Å²) in [5, 5.41) is 9.83. The molecule has 3 unspecified atom stereocenters. The van der Waals surface area contributed by atoms with E-state index in [4.69, 9.17) is 26.8 Å². The Balaban J connectivity index is 2.01. The molecule has 2 aliphatic rings. The molecule has 0 spiro atoms. The monoisotopic (exact) mass is 354 g/mol. The molecule has 3 rings (SSSR count). The standard InChI is InChI=1S/C16H19ClN2O5/c1-23-15(22)19-5-4-16(18)12(8-19)10(7-14(20)21)11-6-9(17)2-3-13(11)24-16/h2-3,6,10,12H,4-5,7-8,18H2,1H3,(H,20,21). The van der Waals surface area contributed by atoms with Gasteiger partial charge in [-0.05, 0) is 23.8 Å². The molecule has 1 aromatic rings. The predicted molar refractivity (Wildman–Crippen MR) is 86.1 cm³/mol. The smallest absolute Gasteiger partial charge is 0.409 e. The number of carbonyl (C=O) groups excluding carboxylic acids is 1. The average molecular weight is 355 g/mol. The summed E-state index contributed by atoms with van der Waals surface area (Å²) in [6, 6.07) is 5.11. The lowest BCUT2D eigenvalue weighted by atomic mass is 9.72. The largest absolute Gasteiger partial charge is 0.481 e. The zero-order chi connectivity index (χ0) is 17.5. The number of carbonyl (C=O) groups is 2. The Labute approximate surface area is 144 Å². The van der Waals surface area contributed by atoms with Crippen LogP contribution >= 0.6 is 11.6 Å². The third-order valence-electron chi connectivity index (χ3n) is 4.80. The number of methoxy groups -OCH3 is 1. The van der Waals surface area contributed by atoms with Crippen molar-refractivity contribution in [3.8, 4) is 5.75 Å². The zero-order valence-corrected chi connectivity index (χ0v) is 14.0. The molecule has 1 saturated heterocycles. The van der Waals surface area contributed by atoms with E-state index in [1.165, 1.54) is 12.0 Å². The number of amides is 1. The van der Waals surface area contributed by atoms with Gasteiger partial charge in [0.2, 0.25) is 0 Å². The minimum atomic E-state index is -1.02. The molecule has 130 valence electrons.